The molecule has 1 unspecified atom stereocenters. The first kappa shape index (κ1) is 16.0. The zero-order valence-electron chi connectivity index (χ0n) is 13.0. The van der Waals surface area contributed by atoms with Gasteiger partial charge in [0.05, 0.1) is 11.8 Å². The monoisotopic (exact) mass is 365 g/mol. The van der Waals surface area contributed by atoms with Crippen molar-refractivity contribution in [1.29, 1.82) is 0 Å². The van der Waals surface area contributed by atoms with Crippen LogP contribution in [0.5, 0.6) is 0 Å². The molecule has 120 valence electrons. The van der Waals surface area contributed by atoms with Crippen molar-refractivity contribution in [3.8, 4) is 0 Å². The molecule has 1 aromatic rings. The molecule has 0 aromatic heterocycles. The lowest BCUT2D eigenvalue weighted by Crippen LogP contribution is -2.39. The van der Waals surface area contributed by atoms with Gasteiger partial charge in [-0.05, 0) is 48.8 Å². The fourth-order valence-corrected chi connectivity index (χ4v) is 4.04. The van der Waals surface area contributed by atoms with E-state index in [1.807, 2.05) is 4.90 Å². The normalized spacial score (nSPS) is 18.3. The van der Waals surface area contributed by atoms with E-state index in [1.54, 1.807) is 0 Å². The minimum Gasteiger partial charge on any atom is -0.388 e. The van der Waals surface area contributed by atoms with Crippen LogP contribution in [0.25, 0.3) is 0 Å². The third kappa shape index (κ3) is 3.23. The predicted octanol–water partition coefficient (Wildman–Crippen LogP) is 3.90. The van der Waals surface area contributed by atoms with Gasteiger partial charge >= 0.3 is 0 Å². The van der Waals surface area contributed by atoms with Crippen molar-refractivity contribution in [1.82, 2.24) is 0 Å². The number of rotatable bonds is 6. The number of benzene rings is 1. The van der Waals surface area contributed by atoms with Crippen molar-refractivity contribution in [2.45, 2.75) is 57.5 Å². The van der Waals surface area contributed by atoms with Gasteiger partial charge in [-0.1, -0.05) is 40.9 Å². The van der Waals surface area contributed by atoms with Crippen LogP contribution in [0.3, 0.4) is 0 Å². The highest BCUT2D eigenvalue weighted by Gasteiger charge is 2.30. The molecule has 0 radical (unpaired) electrons. The van der Waals surface area contributed by atoms with Gasteiger partial charge in [-0.15, -0.1) is 0 Å². The van der Waals surface area contributed by atoms with Crippen molar-refractivity contribution < 1.29 is 9.90 Å². The molecule has 0 bridgehead atoms. The van der Waals surface area contributed by atoms with Crippen LogP contribution < -0.4 is 4.90 Å². The van der Waals surface area contributed by atoms with Crippen LogP contribution in [0.15, 0.2) is 12.1 Å². The molecule has 22 heavy (non-hydrogen) atoms. The molecule has 4 heteroatoms. The summed E-state index contributed by atoms with van der Waals surface area (Å²) in [6, 6.07) is 4.28. The molecule has 1 amide bonds. The highest BCUT2D eigenvalue weighted by molar-refractivity contribution is 9.09. The summed E-state index contributed by atoms with van der Waals surface area (Å²) in [4.78, 5) is 14.0. The van der Waals surface area contributed by atoms with Crippen LogP contribution in [0, 0.1) is 0 Å². The molecule has 0 saturated carbocycles. The minimum atomic E-state index is -0.370. The SMILES string of the molecule is O=C1CCc2cc(C(O)CCCCCBr)cc3c2N1CCC3. The largest absolute Gasteiger partial charge is 0.388 e. The molecule has 2 aliphatic heterocycles. The number of carbonyl (C=O) groups excluding carboxylic acids is 1. The number of alkyl halides is 1. The third-order valence-electron chi connectivity index (χ3n) is 4.79. The van der Waals surface area contributed by atoms with Crippen LogP contribution in [-0.2, 0) is 17.6 Å². The van der Waals surface area contributed by atoms with E-state index < -0.39 is 0 Å². The summed E-state index contributed by atoms with van der Waals surface area (Å²) in [6.07, 6.45) is 7.32. The Bertz CT molecular complexity index is 541. The molecule has 0 aliphatic carbocycles. The second-order valence-corrected chi connectivity index (χ2v) is 7.18. The summed E-state index contributed by atoms with van der Waals surface area (Å²) in [6.45, 7) is 0.854. The van der Waals surface area contributed by atoms with Gasteiger partial charge in [-0.3, -0.25) is 4.79 Å². The van der Waals surface area contributed by atoms with Gasteiger partial charge in [-0.25, -0.2) is 0 Å². The van der Waals surface area contributed by atoms with Crippen molar-refractivity contribution in [3.63, 3.8) is 0 Å². The number of carbonyl (C=O) groups is 1. The highest BCUT2D eigenvalue weighted by Crippen LogP contribution is 2.38. The molecule has 2 heterocycles. The first-order chi connectivity index (χ1) is 10.7. The van der Waals surface area contributed by atoms with E-state index in [9.17, 15) is 9.90 Å². The fraction of sp³-hybridized carbons (Fsp3) is 0.611. The van der Waals surface area contributed by atoms with E-state index in [2.05, 4.69) is 28.1 Å². The Morgan fingerprint density at radius 3 is 2.68 bits per heavy atom. The highest BCUT2D eigenvalue weighted by atomic mass is 79.9. The molecule has 1 aromatic carbocycles. The zero-order chi connectivity index (χ0) is 15.5. The van der Waals surface area contributed by atoms with Gasteiger partial charge in [0.1, 0.15) is 0 Å². The number of aliphatic hydroxyl groups is 1. The number of aliphatic hydroxyl groups excluding tert-OH is 1. The molecule has 0 fully saturated rings. The third-order valence-corrected chi connectivity index (χ3v) is 5.35. The molecule has 0 spiro atoms. The van der Waals surface area contributed by atoms with E-state index in [1.165, 1.54) is 17.5 Å². The number of hydrogen-bond donors (Lipinski definition) is 1. The Morgan fingerprint density at radius 2 is 1.91 bits per heavy atom. The maximum absolute atomic E-state index is 12.1. The van der Waals surface area contributed by atoms with Crippen molar-refractivity contribution in [3.05, 3.63) is 28.8 Å². The second kappa shape index (κ2) is 7.14. The molecular weight excluding hydrogens is 342 g/mol. The van der Waals surface area contributed by atoms with Crippen LogP contribution in [0.1, 0.15) is 61.3 Å². The van der Waals surface area contributed by atoms with E-state index in [0.717, 1.165) is 61.7 Å². The topological polar surface area (TPSA) is 40.5 Å². The Balaban J connectivity index is 1.79. The van der Waals surface area contributed by atoms with Gasteiger partial charge in [0.2, 0.25) is 5.91 Å². The Labute approximate surface area is 140 Å². The maximum Gasteiger partial charge on any atom is 0.227 e. The summed E-state index contributed by atoms with van der Waals surface area (Å²) in [5.41, 5.74) is 4.71. The number of hydrogen-bond acceptors (Lipinski definition) is 2. The number of aryl methyl sites for hydroxylation is 2. The maximum atomic E-state index is 12.1. The van der Waals surface area contributed by atoms with Gasteiger partial charge in [-0.2, -0.15) is 0 Å². The summed E-state index contributed by atoms with van der Waals surface area (Å²) >= 11 is 3.44. The first-order valence-corrected chi connectivity index (χ1v) is 9.53. The van der Waals surface area contributed by atoms with Crippen molar-refractivity contribution in [2.75, 3.05) is 16.8 Å². The summed E-state index contributed by atoms with van der Waals surface area (Å²) in [7, 11) is 0. The second-order valence-electron chi connectivity index (χ2n) is 6.39. The molecule has 3 rings (SSSR count). The number of halogens is 1. The summed E-state index contributed by atoms with van der Waals surface area (Å²) < 4.78 is 0. The summed E-state index contributed by atoms with van der Waals surface area (Å²) in [5.74, 6) is 0.261. The van der Waals surface area contributed by atoms with Crippen LogP contribution in [0.2, 0.25) is 0 Å². The lowest BCUT2D eigenvalue weighted by molar-refractivity contribution is -0.119. The number of amides is 1. The van der Waals surface area contributed by atoms with E-state index >= 15 is 0 Å². The van der Waals surface area contributed by atoms with Crippen LogP contribution in [-0.4, -0.2) is 22.9 Å². The van der Waals surface area contributed by atoms with Crippen LogP contribution >= 0.6 is 15.9 Å². The smallest absolute Gasteiger partial charge is 0.227 e. The molecule has 3 nitrogen and oxygen atoms in total. The van der Waals surface area contributed by atoms with Crippen molar-refractivity contribution in [2.24, 2.45) is 0 Å². The Kier molecular flexibility index (Phi) is 5.19. The summed E-state index contributed by atoms with van der Waals surface area (Å²) in [5, 5.41) is 11.5. The molecule has 2 aliphatic rings. The molecule has 1 atom stereocenters. The van der Waals surface area contributed by atoms with Crippen LogP contribution in [0.4, 0.5) is 5.69 Å². The van der Waals surface area contributed by atoms with E-state index in [0.29, 0.717) is 6.42 Å². The molecule has 1 N–H and O–H groups in total. The van der Waals surface area contributed by atoms with Gasteiger partial charge in [0.15, 0.2) is 0 Å². The average Bonchev–Trinajstić information content (AvgIpc) is 2.54. The average molecular weight is 366 g/mol. The van der Waals surface area contributed by atoms with Gasteiger partial charge < -0.3 is 10.0 Å². The molecule has 0 saturated heterocycles. The zero-order valence-corrected chi connectivity index (χ0v) is 14.6. The quantitative estimate of drug-likeness (QED) is 0.613. The minimum absolute atomic E-state index is 0.261. The van der Waals surface area contributed by atoms with Crippen molar-refractivity contribution >= 4 is 27.5 Å². The molecular formula is C18H24BrNO2. The lowest BCUT2D eigenvalue weighted by Gasteiger charge is -2.35. The Hall–Kier alpha value is -0.870. The standard InChI is InChI=1S/C18H24BrNO2/c19-9-3-1-2-6-16(21)15-11-13-5-4-10-20-17(22)8-7-14(12-15)18(13)20/h11-12,16,21H,1-10H2. The van der Waals surface area contributed by atoms with E-state index in [4.69, 9.17) is 0 Å². The number of anilines is 1. The van der Waals surface area contributed by atoms with Gasteiger partial charge in [0, 0.05) is 18.3 Å². The lowest BCUT2D eigenvalue weighted by atomic mass is 9.88. The number of nitrogens with zero attached hydrogens (tertiary/aromatic N) is 1. The van der Waals surface area contributed by atoms with E-state index in [-0.39, 0.29) is 12.0 Å². The Morgan fingerprint density at radius 1 is 1.14 bits per heavy atom. The van der Waals surface area contributed by atoms with Gasteiger partial charge in [0.25, 0.3) is 0 Å². The number of unbranched alkanes of at least 4 members (excludes halogenated alkanes) is 2. The first-order valence-electron chi connectivity index (χ1n) is 8.41. The fourth-order valence-electron chi connectivity index (χ4n) is 3.65. The predicted molar refractivity (Wildman–Crippen MR) is 92.7 cm³/mol.